The van der Waals surface area contributed by atoms with E-state index >= 15 is 0 Å². The van der Waals surface area contributed by atoms with E-state index in [1.165, 1.54) is 0 Å². The van der Waals surface area contributed by atoms with E-state index in [0.29, 0.717) is 0 Å². The fourth-order valence-electron chi connectivity index (χ4n) is 0.959. The van der Waals surface area contributed by atoms with Gasteiger partial charge >= 0.3 is 6.18 Å². The van der Waals surface area contributed by atoms with Gasteiger partial charge in [0.2, 0.25) is 15.3 Å². The molecule has 0 aliphatic rings. The minimum atomic E-state index is -4.44. The average molecular weight is 320 g/mol. The molecule has 0 saturated carbocycles. The summed E-state index contributed by atoms with van der Waals surface area (Å²) in [5.41, 5.74) is 0. The van der Waals surface area contributed by atoms with Crippen molar-refractivity contribution in [3.8, 4) is 0 Å². The Balaban J connectivity index is 2.42. The van der Waals surface area contributed by atoms with Gasteiger partial charge in [-0.3, -0.25) is 0 Å². The molecule has 6 nitrogen and oxygen atoms in total. The Morgan fingerprint density at radius 2 is 1.89 bits per heavy atom. The van der Waals surface area contributed by atoms with Crippen molar-refractivity contribution in [1.82, 2.24) is 14.7 Å². The van der Waals surface area contributed by atoms with Crippen LogP contribution in [0.25, 0.3) is 0 Å². The first-order valence-electron chi connectivity index (χ1n) is 4.82. The molecule has 11 heteroatoms. The summed E-state index contributed by atoms with van der Waals surface area (Å²) in [4.78, 5) is 6.71. The highest BCUT2D eigenvalue weighted by atomic mass is 35.5. The van der Waals surface area contributed by atoms with Crippen LogP contribution in [0.5, 0.6) is 0 Å². The fraction of sp³-hybridized carbons (Fsp3) is 0.500. The van der Waals surface area contributed by atoms with Crippen molar-refractivity contribution in [2.75, 3.05) is 19.8 Å². The largest absolute Gasteiger partial charge is 0.411 e. The van der Waals surface area contributed by atoms with Crippen molar-refractivity contribution in [1.29, 1.82) is 0 Å². The van der Waals surface area contributed by atoms with Gasteiger partial charge in [-0.25, -0.2) is 23.1 Å². The zero-order valence-electron chi connectivity index (χ0n) is 9.32. The third-order valence-electron chi connectivity index (χ3n) is 1.71. The summed E-state index contributed by atoms with van der Waals surface area (Å²) in [5.74, 6) is 0. The summed E-state index contributed by atoms with van der Waals surface area (Å²) >= 11 is 5.39. The molecule has 0 atom stereocenters. The molecule has 1 aromatic heterocycles. The maximum absolute atomic E-state index is 11.7. The highest BCUT2D eigenvalue weighted by Crippen LogP contribution is 2.14. The normalized spacial score (nSPS) is 12.6. The molecular weight excluding hydrogens is 311 g/mol. The summed E-state index contributed by atoms with van der Waals surface area (Å²) in [5, 5.41) is -0.118. The second-order valence-corrected chi connectivity index (χ2v) is 5.36. The van der Waals surface area contributed by atoms with Crippen molar-refractivity contribution in [2.24, 2.45) is 0 Å². The lowest BCUT2D eigenvalue weighted by Gasteiger charge is -2.08. The number of alkyl halides is 3. The highest BCUT2D eigenvalue weighted by Gasteiger charge is 2.27. The van der Waals surface area contributed by atoms with Crippen LogP contribution in [0.3, 0.4) is 0 Å². The minimum absolute atomic E-state index is 0.118. The monoisotopic (exact) mass is 319 g/mol. The SMILES string of the molecule is O=S(=O)(NCCOCC(F)(F)F)c1cnc(Cl)nc1. The van der Waals surface area contributed by atoms with Gasteiger partial charge in [-0.2, -0.15) is 13.2 Å². The molecule has 0 spiro atoms. The maximum Gasteiger partial charge on any atom is 0.411 e. The predicted molar refractivity (Wildman–Crippen MR) is 59.1 cm³/mol. The number of halogens is 4. The Morgan fingerprint density at radius 1 is 1.32 bits per heavy atom. The van der Waals surface area contributed by atoms with E-state index in [2.05, 4.69) is 14.7 Å². The molecule has 1 N–H and O–H groups in total. The van der Waals surface area contributed by atoms with E-state index in [0.717, 1.165) is 12.4 Å². The van der Waals surface area contributed by atoms with Crippen LogP contribution in [0.15, 0.2) is 17.3 Å². The zero-order valence-corrected chi connectivity index (χ0v) is 10.9. The van der Waals surface area contributed by atoms with E-state index in [1.54, 1.807) is 0 Å². The highest BCUT2D eigenvalue weighted by molar-refractivity contribution is 7.89. The molecule has 108 valence electrons. The molecule has 0 amide bonds. The molecule has 0 fully saturated rings. The lowest BCUT2D eigenvalue weighted by Crippen LogP contribution is -2.29. The molecule has 1 rings (SSSR count). The van der Waals surface area contributed by atoms with Crippen LogP contribution >= 0.6 is 11.6 Å². The van der Waals surface area contributed by atoms with Crippen molar-refractivity contribution >= 4 is 21.6 Å². The van der Waals surface area contributed by atoms with Crippen molar-refractivity contribution < 1.29 is 26.3 Å². The van der Waals surface area contributed by atoms with Gasteiger partial charge in [-0.05, 0) is 11.6 Å². The van der Waals surface area contributed by atoms with Gasteiger partial charge in [-0.15, -0.1) is 0 Å². The molecular formula is C8H9ClF3N3O3S. The van der Waals surface area contributed by atoms with Gasteiger partial charge in [-0.1, -0.05) is 0 Å². The smallest absolute Gasteiger partial charge is 0.371 e. The Bertz CT molecular complexity index is 506. The van der Waals surface area contributed by atoms with Crippen LogP contribution in [0.1, 0.15) is 0 Å². The van der Waals surface area contributed by atoms with E-state index < -0.39 is 29.4 Å². The van der Waals surface area contributed by atoms with Gasteiger partial charge < -0.3 is 4.74 Å². The number of ether oxygens (including phenoxy) is 1. The minimum Gasteiger partial charge on any atom is -0.371 e. The maximum atomic E-state index is 11.7. The molecule has 19 heavy (non-hydrogen) atoms. The van der Waals surface area contributed by atoms with Crippen molar-refractivity contribution in [3.63, 3.8) is 0 Å². The number of hydrogen-bond acceptors (Lipinski definition) is 5. The lowest BCUT2D eigenvalue weighted by atomic mass is 10.7. The third kappa shape index (κ3) is 6.14. The number of sulfonamides is 1. The average Bonchev–Trinajstić information content (AvgIpc) is 2.27. The fourth-order valence-corrected chi connectivity index (χ4v) is 1.96. The van der Waals surface area contributed by atoms with Crippen LogP contribution < -0.4 is 4.72 Å². The van der Waals surface area contributed by atoms with E-state index in [9.17, 15) is 21.6 Å². The summed E-state index contributed by atoms with van der Waals surface area (Å²) in [7, 11) is -3.89. The van der Waals surface area contributed by atoms with Gasteiger partial charge in [0.15, 0.2) is 0 Å². The first-order chi connectivity index (χ1) is 8.71. The molecule has 0 unspecified atom stereocenters. The third-order valence-corrected chi connectivity index (χ3v) is 3.32. The van der Waals surface area contributed by atoms with Gasteiger partial charge in [0.1, 0.15) is 11.5 Å². The van der Waals surface area contributed by atoms with Crippen LogP contribution in [0.4, 0.5) is 13.2 Å². The summed E-state index contributed by atoms with van der Waals surface area (Å²) in [6.45, 7) is -2.15. The molecule has 0 saturated heterocycles. The van der Waals surface area contributed by atoms with Crippen molar-refractivity contribution in [2.45, 2.75) is 11.1 Å². The summed E-state index contributed by atoms with van der Waals surface area (Å²) < 4.78 is 64.6. The van der Waals surface area contributed by atoms with Crippen molar-refractivity contribution in [3.05, 3.63) is 17.7 Å². The first kappa shape index (κ1) is 16.1. The molecule has 0 aliphatic heterocycles. The Labute approximate surface area is 112 Å². The molecule has 0 radical (unpaired) electrons. The number of hydrogen-bond donors (Lipinski definition) is 1. The van der Waals surface area contributed by atoms with Gasteiger partial charge in [0.05, 0.1) is 19.0 Å². The second kappa shape index (κ2) is 6.46. The molecule has 1 heterocycles. The summed E-state index contributed by atoms with van der Waals surface area (Å²) in [6, 6.07) is 0. The van der Waals surface area contributed by atoms with E-state index in [-0.39, 0.29) is 16.7 Å². The van der Waals surface area contributed by atoms with E-state index in [1.807, 2.05) is 4.72 Å². The van der Waals surface area contributed by atoms with Gasteiger partial charge in [0, 0.05) is 6.54 Å². The van der Waals surface area contributed by atoms with Crippen LogP contribution in [0, 0.1) is 0 Å². The molecule has 0 bridgehead atoms. The van der Waals surface area contributed by atoms with Crippen LogP contribution in [0.2, 0.25) is 5.28 Å². The second-order valence-electron chi connectivity index (χ2n) is 3.25. The zero-order chi connectivity index (χ0) is 14.5. The molecule has 0 aliphatic carbocycles. The number of rotatable bonds is 6. The lowest BCUT2D eigenvalue weighted by molar-refractivity contribution is -0.173. The van der Waals surface area contributed by atoms with Crippen LogP contribution in [-0.2, 0) is 14.8 Å². The predicted octanol–water partition coefficient (Wildman–Crippen LogP) is 0.987. The van der Waals surface area contributed by atoms with Gasteiger partial charge in [0.25, 0.3) is 0 Å². The number of nitrogens with one attached hydrogen (secondary N) is 1. The number of nitrogens with zero attached hydrogens (tertiary/aromatic N) is 2. The van der Waals surface area contributed by atoms with E-state index in [4.69, 9.17) is 11.6 Å². The Morgan fingerprint density at radius 3 is 2.42 bits per heavy atom. The standard InChI is InChI=1S/C8H9ClF3N3O3S/c9-7-13-3-6(4-14-7)19(16,17)15-1-2-18-5-8(10,11)12/h3-4,15H,1-2,5H2. The Kier molecular flexibility index (Phi) is 5.47. The Hall–Kier alpha value is -0.970. The quantitative estimate of drug-likeness (QED) is 0.624. The topological polar surface area (TPSA) is 81.2 Å². The molecule has 0 aromatic carbocycles. The van der Waals surface area contributed by atoms with Crippen LogP contribution in [-0.4, -0.2) is 44.3 Å². The first-order valence-corrected chi connectivity index (χ1v) is 6.68. The summed E-state index contributed by atoms with van der Waals surface area (Å²) in [6.07, 6.45) is -2.48. The molecule has 1 aromatic rings. The number of aromatic nitrogens is 2.